The molecule has 0 aliphatic heterocycles. The third-order valence-electron chi connectivity index (χ3n) is 8.49. The van der Waals surface area contributed by atoms with E-state index in [0.717, 1.165) is 13.3 Å². The maximum Gasteiger partial charge on any atom is 0.203 e. The van der Waals surface area contributed by atoms with Gasteiger partial charge in [-0.05, 0) is 49.8 Å². The van der Waals surface area contributed by atoms with Crippen LogP contribution in [0.4, 0.5) is 0 Å². The van der Waals surface area contributed by atoms with Crippen molar-refractivity contribution in [2.24, 2.45) is 22.7 Å². The van der Waals surface area contributed by atoms with Crippen molar-refractivity contribution in [2.45, 2.75) is 72.8 Å². The summed E-state index contributed by atoms with van der Waals surface area (Å²) in [6.07, 6.45) is 1.82. The summed E-state index contributed by atoms with van der Waals surface area (Å²) in [7, 11) is 0. The molecule has 0 radical (unpaired) electrons. The molecule has 3 aliphatic rings. The van der Waals surface area contributed by atoms with Gasteiger partial charge >= 0.3 is 0 Å². The van der Waals surface area contributed by atoms with E-state index in [0.29, 0.717) is 17.5 Å². The van der Waals surface area contributed by atoms with Crippen molar-refractivity contribution in [3.8, 4) is 17.6 Å². The molecule has 0 aromatic heterocycles. The van der Waals surface area contributed by atoms with E-state index in [1.807, 2.05) is 6.92 Å². The van der Waals surface area contributed by atoms with Gasteiger partial charge in [0.1, 0.15) is 22.8 Å². The summed E-state index contributed by atoms with van der Waals surface area (Å²) >= 11 is 0. The van der Waals surface area contributed by atoms with Gasteiger partial charge in [0.2, 0.25) is 5.78 Å². The quantitative estimate of drug-likeness (QED) is 0.354. The first kappa shape index (κ1) is 26.7. The molecule has 1 aromatic carbocycles. The number of phenolic OH excluding ortho intramolecular Hbond substituents is 1. The first-order chi connectivity index (χ1) is 17.2. The van der Waals surface area contributed by atoms with E-state index in [-0.39, 0.29) is 35.6 Å². The predicted octanol–water partition coefficient (Wildman–Crippen LogP) is 4.34. The number of unbranched alkanes of at least 4 members (excludes halogenated alkanes) is 1. The molecule has 37 heavy (non-hydrogen) atoms. The molecule has 1 fully saturated rings. The monoisotopic (exact) mass is 506 g/mol. The molecule has 1 aromatic rings. The Morgan fingerprint density at radius 2 is 1.81 bits per heavy atom. The van der Waals surface area contributed by atoms with Crippen molar-refractivity contribution >= 4 is 23.1 Å². The summed E-state index contributed by atoms with van der Waals surface area (Å²) in [6.45, 7) is 10.0. The summed E-state index contributed by atoms with van der Waals surface area (Å²) in [5.74, 6) is 0.888. The SMILES string of the molecule is CCCC#Cc1ccc(O)c2c1C[C@]1(C)C[C@]3(C)C(C(C)C)C(=O)C(C(C)=O)=C(O)[C@]3(O)C(=O)C1=C2O. The molecule has 0 spiro atoms. The molecule has 0 amide bonds. The lowest BCUT2D eigenvalue weighted by molar-refractivity contribution is -0.178. The van der Waals surface area contributed by atoms with Crippen molar-refractivity contribution in [3.63, 3.8) is 0 Å². The van der Waals surface area contributed by atoms with Crippen LogP contribution in [0, 0.1) is 34.5 Å². The van der Waals surface area contributed by atoms with Crippen LogP contribution in [0.15, 0.2) is 29.0 Å². The average Bonchev–Trinajstić information content (AvgIpc) is 2.77. The van der Waals surface area contributed by atoms with Gasteiger partial charge in [-0.15, -0.1) is 0 Å². The Kier molecular flexibility index (Phi) is 6.20. The van der Waals surface area contributed by atoms with Gasteiger partial charge in [0.25, 0.3) is 0 Å². The van der Waals surface area contributed by atoms with Gasteiger partial charge in [0.05, 0.1) is 5.56 Å². The van der Waals surface area contributed by atoms with Crippen LogP contribution in [0.2, 0.25) is 0 Å². The summed E-state index contributed by atoms with van der Waals surface area (Å²) in [5.41, 5.74) is -4.58. The molecule has 0 bridgehead atoms. The number of aliphatic hydroxyl groups excluding tert-OH is 2. The van der Waals surface area contributed by atoms with E-state index in [1.54, 1.807) is 33.8 Å². The third-order valence-corrected chi connectivity index (χ3v) is 8.49. The first-order valence-electron chi connectivity index (χ1n) is 12.7. The number of allylic oxidation sites excluding steroid dienone is 1. The Morgan fingerprint density at radius 1 is 1.16 bits per heavy atom. The number of aromatic hydroxyl groups is 1. The smallest absolute Gasteiger partial charge is 0.203 e. The van der Waals surface area contributed by atoms with Crippen molar-refractivity contribution in [1.29, 1.82) is 0 Å². The van der Waals surface area contributed by atoms with Gasteiger partial charge < -0.3 is 20.4 Å². The van der Waals surface area contributed by atoms with Crippen LogP contribution in [0.25, 0.3) is 5.76 Å². The number of rotatable bonds is 3. The van der Waals surface area contributed by atoms with Crippen LogP contribution in [-0.2, 0) is 20.8 Å². The normalized spacial score (nSPS) is 31.0. The highest BCUT2D eigenvalue weighted by Crippen LogP contribution is 2.65. The van der Waals surface area contributed by atoms with Crippen molar-refractivity contribution in [3.05, 3.63) is 45.7 Å². The van der Waals surface area contributed by atoms with Gasteiger partial charge in [0, 0.05) is 34.3 Å². The standard InChI is InChI=1S/C30H34O7/c1-7-8-9-10-17-11-12-19(32)21-18(17)13-28(5)14-29(6)22(15(2)3)24(33)20(16(4)31)26(35)30(29,37)27(36)23(28)25(21)34/h11-12,15,22,32,34-35,37H,7-8,13-14H2,1-6H3/t22?,28-,29-,30+/m1/s1. The van der Waals surface area contributed by atoms with Crippen LogP contribution in [0.3, 0.4) is 0 Å². The zero-order valence-electron chi connectivity index (χ0n) is 22.2. The van der Waals surface area contributed by atoms with Crippen LogP contribution in [-0.4, -0.2) is 43.4 Å². The highest BCUT2D eigenvalue weighted by molar-refractivity contribution is 6.24. The van der Waals surface area contributed by atoms with Gasteiger partial charge in [-0.25, -0.2) is 0 Å². The van der Waals surface area contributed by atoms with Gasteiger partial charge in [-0.1, -0.05) is 46.5 Å². The molecule has 7 heteroatoms. The number of fused-ring (bicyclic) bond motifs is 3. The number of hydrogen-bond acceptors (Lipinski definition) is 7. The number of carbonyl (C=O) groups is 3. The molecule has 1 unspecified atom stereocenters. The molecule has 7 nitrogen and oxygen atoms in total. The second-order valence-electron chi connectivity index (χ2n) is 11.5. The zero-order valence-corrected chi connectivity index (χ0v) is 22.2. The fourth-order valence-corrected chi connectivity index (χ4v) is 7.12. The fourth-order valence-electron chi connectivity index (χ4n) is 7.12. The Balaban J connectivity index is 2.06. The maximum absolute atomic E-state index is 14.2. The Labute approximate surface area is 216 Å². The summed E-state index contributed by atoms with van der Waals surface area (Å²) in [6, 6.07) is 3.08. The van der Waals surface area contributed by atoms with E-state index in [2.05, 4.69) is 11.8 Å². The van der Waals surface area contributed by atoms with E-state index < -0.39 is 56.8 Å². The second kappa shape index (κ2) is 8.59. The van der Waals surface area contributed by atoms with Gasteiger partial charge in [-0.2, -0.15) is 0 Å². The molecule has 196 valence electrons. The second-order valence-corrected chi connectivity index (χ2v) is 11.5. The summed E-state index contributed by atoms with van der Waals surface area (Å²) in [4.78, 5) is 40.2. The van der Waals surface area contributed by atoms with Crippen LogP contribution in [0.1, 0.15) is 77.5 Å². The molecule has 1 saturated carbocycles. The molecule has 4 N–H and O–H groups in total. The Hall–Kier alpha value is -3.37. The highest BCUT2D eigenvalue weighted by atomic mass is 16.3. The number of benzene rings is 1. The number of carbonyl (C=O) groups excluding carboxylic acids is 3. The van der Waals surface area contributed by atoms with Gasteiger partial charge in [-0.3, -0.25) is 14.4 Å². The number of ketones is 3. The third kappa shape index (κ3) is 3.42. The van der Waals surface area contributed by atoms with Crippen molar-refractivity contribution in [2.75, 3.05) is 0 Å². The molecule has 4 atom stereocenters. The lowest BCUT2D eigenvalue weighted by Gasteiger charge is -2.59. The van der Waals surface area contributed by atoms with E-state index in [1.165, 1.54) is 6.07 Å². The van der Waals surface area contributed by atoms with E-state index in [4.69, 9.17) is 0 Å². The lowest BCUT2D eigenvalue weighted by atomic mass is 9.43. The van der Waals surface area contributed by atoms with E-state index in [9.17, 15) is 34.8 Å². The molecular formula is C30H34O7. The number of Topliss-reactive ketones (excluding diaryl/α,β-unsaturated/α-hetero) is 3. The maximum atomic E-state index is 14.2. The molecule has 0 heterocycles. The number of aliphatic hydroxyl groups is 3. The number of hydrogen-bond donors (Lipinski definition) is 4. The van der Waals surface area contributed by atoms with E-state index >= 15 is 0 Å². The van der Waals surface area contributed by atoms with Crippen LogP contribution in [0.5, 0.6) is 5.75 Å². The first-order valence-corrected chi connectivity index (χ1v) is 12.7. The fraction of sp³-hybridized carbons (Fsp3) is 0.500. The molecule has 3 aliphatic carbocycles. The highest BCUT2D eigenvalue weighted by Gasteiger charge is 2.72. The minimum Gasteiger partial charge on any atom is -0.508 e. The Morgan fingerprint density at radius 3 is 2.38 bits per heavy atom. The van der Waals surface area contributed by atoms with Crippen LogP contribution < -0.4 is 0 Å². The zero-order chi connectivity index (χ0) is 27.7. The average molecular weight is 507 g/mol. The topological polar surface area (TPSA) is 132 Å². The number of phenols is 1. The van der Waals surface area contributed by atoms with Crippen LogP contribution >= 0.6 is 0 Å². The van der Waals surface area contributed by atoms with Crippen molar-refractivity contribution in [1.82, 2.24) is 0 Å². The minimum absolute atomic E-state index is 0.0579. The predicted molar refractivity (Wildman–Crippen MR) is 138 cm³/mol. The lowest BCUT2D eigenvalue weighted by Crippen LogP contribution is -2.69. The molecule has 0 saturated heterocycles. The summed E-state index contributed by atoms with van der Waals surface area (Å²) < 4.78 is 0. The minimum atomic E-state index is -2.61. The molecular weight excluding hydrogens is 472 g/mol. The molecule has 4 rings (SSSR count). The van der Waals surface area contributed by atoms with Gasteiger partial charge in [0.15, 0.2) is 17.2 Å². The Bertz CT molecular complexity index is 1370. The van der Waals surface area contributed by atoms with Crippen molar-refractivity contribution < 1.29 is 34.8 Å². The largest absolute Gasteiger partial charge is 0.508 e. The summed E-state index contributed by atoms with van der Waals surface area (Å²) in [5, 5.41) is 45.3.